The van der Waals surface area contributed by atoms with Gasteiger partial charge in [-0.3, -0.25) is 0 Å². The van der Waals surface area contributed by atoms with Gasteiger partial charge >= 0.3 is 0 Å². The molecule has 0 aromatic heterocycles. The van der Waals surface area contributed by atoms with E-state index >= 15 is 0 Å². The minimum Gasteiger partial charge on any atom is -0.359 e. The van der Waals surface area contributed by atoms with Gasteiger partial charge in [0, 0.05) is 0 Å². The van der Waals surface area contributed by atoms with Gasteiger partial charge in [0.1, 0.15) is 16.5 Å². The Bertz CT molecular complexity index is 515. The topological polar surface area (TPSA) is 12.0 Å². The lowest BCUT2D eigenvalue weighted by Gasteiger charge is -2.46. The van der Waals surface area contributed by atoms with Crippen molar-refractivity contribution >= 4 is 32.3 Å². The summed E-state index contributed by atoms with van der Waals surface area (Å²) in [5.41, 5.74) is 4.51. The second-order valence-electron chi connectivity index (χ2n) is 14.4. The van der Waals surface area contributed by atoms with E-state index < -0.39 is 16.5 Å². The van der Waals surface area contributed by atoms with Gasteiger partial charge in [0.15, 0.2) is 0 Å². The molecule has 4 saturated carbocycles. The molecule has 4 aliphatic carbocycles. The van der Waals surface area contributed by atoms with E-state index in [0.29, 0.717) is 0 Å². The normalized spacial score (nSPS) is 25.5. The van der Waals surface area contributed by atoms with Crippen LogP contribution in [0.2, 0.25) is 26.2 Å². The first-order valence-corrected chi connectivity index (χ1v) is 25.9. The first-order chi connectivity index (χ1) is 16.8. The van der Waals surface area contributed by atoms with Crippen LogP contribution in [0, 0.1) is 0 Å². The van der Waals surface area contributed by atoms with Crippen LogP contribution >= 0.6 is 15.8 Å². The summed E-state index contributed by atoms with van der Waals surface area (Å²) in [4.78, 5) is 0. The molecular formula is C30H61NP2Si2. The Morgan fingerprint density at radius 2 is 0.657 bits per heavy atom. The molecule has 0 atom stereocenters. The Balaban J connectivity index is 1.42. The predicted molar refractivity (Wildman–Crippen MR) is 169 cm³/mol. The molecule has 0 amide bonds. The largest absolute Gasteiger partial charge is 0.359 e. The van der Waals surface area contributed by atoms with Crippen LogP contribution in [0.15, 0.2) is 0 Å². The van der Waals surface area contributed by atoms with Gasteiger partial charge in [-0.15, -0.1) is 15.8 Å². The van der Waals surface area contributed by atoms with E-state index in [0.717, 1.165) is 22.6 Å². The molecule has 1 N–H and O–H groups in total. The monoisotopic (exact) mass is 553 g/mol. The van der Waals surface area contributed by atoms with E-state index in [1.54, 1.807) is 114 Å². The summed E-state index contributed by atoms with van der Waals surface area (Å²) < 4.78 is 4.66. The van der Waals surface area contributed by atoms with Crippen molar-refractivity contribution < 1.29 is 0 Å². The van der Waals surface area contributed by atoms with E-state index in [9.17, 15) is 0 Å². The zero-order valence-electron chi connectivity index (χ0n) is 24.3. The second-order valence-corrected chi connectivity index (χ2v) is 30.4. The highest BCUT2D eigenvalue weighted by Gasteiger charge is 2.41. The zero-order valence-corrected chi connectivity index (χ0v) is 28.0. The second kappa shape index (κ2) is 14.1. The quantitative estimate of drug-likeness (QED) is 0.210. The third-order valence-electron chi connectivity index (χ3n) is 10.0. The lowest BCUT2D eigenvalue weighted by atomic mass is 9.99. The van der Waals surface area contributed by atoms with Gasteiger partial charge in [-0.2, -0.15) is 0 Å². The molecule has 1 nitrogen and oxygen atoms in total. The fourth-order valence-electron chi connectivity index (χ4n) is 8.67. The molecule has 0 heterocycles. The van der Waals surface area contributed by atoms with Crippen molar-refractivity contribution in [3.63, 3.8) is 0 Å². The van der Waals surface area contributed by atoms with Crippen molar-refractivity contribution in [1.29, 1.82) is 0 Å². The average Bonchev–Trinajstić information content (AvgIpc) is 2.87. The summed E-state index contributed by atoms with van der Waals surface area (Å²) in [6.45, 7) is 11.1. The minimum atomic E-state index is -1.38. The van der Waals surface area contributed by atoms with Crippen molar-refractivity contribution in [3.8, 4) is 0 Å². The van der Waals surface area contributed by atoms with Gasteiger partial charge in [-0.25, -0.2) is 0 Å². The molecule has 5 heteroatoms. The summed E-state index contributed by atoms with van der Waals surface area (Å²) in [5, 5.41) is 0. The first kappa shape index (κ1) is 29.2. The van der Waals surface area contributed by atoms with Crippen LogP contribution in [-0.4, -0.2) is 50.7 Å². The van der Waals surface area contributed by atoms with Crippen LogP contribution < -0.4 is 4.65 Å². The molecule has 4 fully saturated rings. The fraction of sp³-hybridized carbons (Fsp3) is 1.00. The van der Waals surface area contributed by atoms with E-state index in [2.05, 4.69) is 30.8 Å². The molecule has 0 radical (unpaired) electrons. The summed E-state index contributed by atoms with van der Waals surface area (Å²) in [6, 6.07) is 0. The maximum atomic E-state index is 4.66. The molecule has 0 bridgehead atoms. The van der Waals surface area contributed by atoms with Crippen LogP contribution in [0.25, 0.3) is 0 Å². The Hall–Kier alpha value is 1.25. The van der Waals surface area contributed by atoms with Crippen LogP contribution in [0.3, 0.4) is 0 Å². The summed E-state index contributed by atoms with van der Waals surface area (Å²) in [6.07, 6.45) is 31.1. The molecule has 0 aromatic rings. The molecule has 0 saturated heterocycles. The van der Waals surface area contributed by atoms with Crippen molar-refractivity contribution in [3.05, 3.63) is 0 Å². The van der Waals surface area contributed by atoms with Gasteiger partial charge in [0.2, 0.25) is 0 Å². The standard InChI is InChI=1S/C30H61NP2Si2/c1-34(2,25-32(27-17-9-5-10-18-27)28-19-11-6-12-20-28)31-35(3,4)26-33(29-21-13-7-14-22-29)30-23-15-8-16-24-30/h27-31H,5-26H2,1-4H3. The predicted octanol–water partition coefficient (Wildman–Crippen LogP) is 10.4. The van der Waals surface area contributed by atoms with E-state index in [1.807, 2.05) is 0 Å². The highest BCUT2D eigenvalue weighted by Crippen LogP contribution is 2.58. The van der Waals surface area contributed by atoms with Gasteiger partial charge in [-0.1, -0.05) is 103 Å². The molecule has 0 aromatic carbocycles. The van der Waals surface area contributed by atoms with Crippen molar-refractivity contribution in [2.24, 2.45) is 0 Å². The van der Waals surface area contributed by atoms with Crippen LogP contribution in [0.4, 0.5) is 0 Å². The third-order valence-corrected chi connectivity index (χ3v) is 30.5. The lowest BCUT2D eigenvalue weighted by molar-refractivity contribution is 0.485. The van der Waals surface area contributed by atoms with Crippen LogP contribution in [0.1, 0.15) is 128 Å². The van der Waals surface area contributed by atoms with Gasteiger partial charge in [-0.05, 0) is 85.6 Å². The molecule has 4 aliphatic rings. The summed E-state index contributed by atoms with van der Waals surface area (Å²) in [5.74, 6) is 3.30. The third kappa shape index (κ3) is 9.16. The highest BCUT2D eigenvalue weighted by molar-refractivity contribution is 7.63. The van der Waals surface area contributed by atoms with Crippen molar-refractivity contribution in [1.82, 2.24) is 4.65 Å². The van der Waals surface area contributed by atoms with Crippen LogP contribution in [-0.2, 0) is 0 Å². The number of nitrogens with one attached hydrogen (secondary N) is 1. The molecule has 0 aliphatic heterocycles. The molecular weight excluding hydrogens is 492 g/mol. The molecule has 35 heavy (non-hydrogen) atoms. The molecule has 0 unspecified atom stereocenters. The lowest BCUT2D eigenvalue weighted by Crippen LogP contribution is -2.63. The van der Waals surface area contributed by atoms with E-state index in [1.165, 1.54) is 25.7 Å². The maximum absolute atomic E-state index is 4.66. The summed E-state index contributed by atoms with van der Waals surface area (Å²) in [7, 11) is -2.28. The first-order valence-electron chi connectivity index (χ1n) is 16.1. The highest BCUT2D eigenvalue weighted by atomic mass is 31.1. The van der Waals surface area contributed by atoms with Crippen LogP contribution in [0.5, 0.6) is 0 Å². The Morgan fingerprint density at radius 1 is 0.429 bits per heavy atom. The smallest absolute Gasteiger partial charge is 0.117 e. The SMILES string of the molecule is C[Si](C)(CP(C1CCCCC1)C1CCCCC1)N[Si](C)(C)CP(C1CCCCC1)C1CCCCC1. The number of hydrogen-bond donors (Lipinski definition) is 1. The number of hydrogen-bond acceptors (Lipinski definition) is 1. The van der Waals surface area contributed by atoms with E-state index in [4.69, 9.17) is 0 Å². The molecule has 4 rings (SSSR count). The van der Waals surface area contributed by atoms with Gasteiger partial charge < -0.3 is 4.65 Å². The Labute approximate surface area is 225 Å². The van der Waals surface area contributed by atoms with Crippen molar-refractivity contribution in [2.45, 2.75) is 177 Å². The Kier molecular flexibility index (Phi) is 11.7. The minimum absolute atomic E-state index is 0.244. The fourth-order valence-corrected chi connectivity index (χ4v) is 34.8. The van der Waals surface area contributed by atoms with E-state index in [-0.39, 0.29) is 15.8 Å². The Morgan fingerprint density at radius 3 is 0.886 bits per heavy atom. The zero-order chi connectivity index (χ0) is 24.7. The average molecular weight is 554 g/mol. The van der Waals surface area contributed by atoms with Gasteiger partial charge in [0.25, 0.3) is 0 Å². The number of rotatable bonds is 10. The molecule has 204 valence electrons. The summed E-state index contributed by atoms with van der Waals surface area (Å²) >= 11 is 0. The van der Waals surface area contributed by atoms with Crippen molar-refractivity contribution in [2.75, 3.05) is 11.6 Å². The molecule has 0 spiro atoms. The maximum Gasteiger partial charge on any atom is 0.117 e. The van der Waals surface area contributed by atoms with Gasteiger partial charge in [0.05, 0.1) is 0 Å².